The molecule has 106 valence electrons. The maximum absolute atomic E-state index is 12.0. The van der Waals surface area contributed by atoms with Crippen LogP contribution in [0.15, 0.2) is 0 Å². The Kier molecular flexibility index (Phi) is 4.98. The van der Waals surface area contributed by atoms with Gasteiger partial charge in [-0.25, -0.2) is 0 Å². The summed E-state index contributed by atoms with van der Waals surface area (Å²) < 4.78 is 36.0. The van der Waals surface area contributed by atoms with Crippen LogP contribution in [-0.4, -0.2) is 48.7 Å². The SMILES string of the molecule is CC1CC(N)CN(C(C)C(=O)NCC(F)(F)F)C1. The molecule has 1 rings (SSSR count). The largest absolute Gasteiger partial charge is 0.405 e. The van der Waals surface area contributed by atoms with E-state index in [-0.39, 0.29) is 6.04 Å². The molecule has 0 aromatic rings. The molecule has 0 radical (unpaired) electrons. The second-order valence-corrected chi connectivity index (χ2v) is 5.06. The zero-order chi connectivity index (χ0) is 13.9. The molecule has 3 atom stereocenters. The third kappa shape index (κ3) is 4.81. The number of nitrogens with zero attached hydrogens (tertiary/aromatic N) is 1. The van der Waals surface area contributed by atoms with Crippen LogP contribution in [0.2, 0.25) is 0 Å². The molecule has 0 saturated carbocycles. The smallest absolute Gasteiger partial charge is 0.346 e. The standard InChI is InChI=1S/C11H20F3N3O/c1-7-3-9(15)5-17(4-7)8(2)10(18)16-6-11(12,13)14/h7-9H,3-6,15H2,1-2H3,(H,16,18). The molecule has 0 aromatic heterocycles. The lowest BCUT2D eigenvalue weighted by Crippen LogP contribution is -2.54. The first kappa shape index (κ1) is 15.2. The topological polar surface area (TPSA) is 58.4 Å². The molecular formula is C11H20F3N3O. The molecule has 0 aromatic carbocycles. The predicted octanol–water partition coefficient (Wildman–Crippen LogP) is 0.722. The van der Waals surface area contributed by atoms with Crippen LogP contribution in [0.3, 0.4) is 0 Å². The second kappa shape index (κ2) is 5.88. The number of rotatable bonds is 3. The zero-order valence-electron chi connectivity index (χ0n) is 10.6. The minimum Gasteiger partial charge on any atom is -0.346 e. The van der Waals surface area contributed by atoms with Gasteiger partial charge in [-0.3, -0.25) is 9.69 Å². The number of carbonyl (C=O) groups excluding carboxylic acids is 1. The van der Waals surface area contributed by atoms with Crippen LogP contribution >= 0.6 is 0 Å². The van der Waals surface area contributed by atoms with Crippen molar-refractivity contribution in [3.63, 3.8) is 0 Å². The number of nitrogens with two attached hydrogens (primary N) is 1. The van der Waals surface area contributed by atoms with E-state index >= 15 is 0 Å². The Morgan fingerprint density at radius 2 is 2.11 bits per heavy atom. The fraction of sp³-hybridized carbons (Fsp3) is 0.909. The molecule has 7 heteroatoms. The number of likely N-dealkylation sites (tertiary alicyclic amines) is 1. The summed E-state index contributed by atoms with van der Waals surface area (Å²) in [6.07, 6.45) is -3.49. The highest BCUT2D eigenvalue weighted by Gasteiger charge is 2.32. The van der Waals surface area contributed by atoms with Crippen molar-refractivity contribution in [1.82, 2.24) is 10.2 Å². The van der Waals surface area contributed by atoms with E-state index < -0.39 is 24.7 Å². The number of halogens is 3. The maximum atomic E-state index is 12.0. The third-order valence-corrected chi connectivity index (χ3v) is 3.11. The molecule has 1 aliphatic rings. The Morgan fingerprint density at radius 3 is 2.61 bits per heavy atom. The summed E-state index contributed by atoms with van der Waals surface area (Å²) in [5, 5.41) is 1.90. The van der Waals surface area contributed by atoms with Crippen LogP contribution in [0.25, 0.3) is 0 Å². The van der Waals surface area contributed by atoms with Gasteiger partial charge >= 0.3 is 6.18 Å². The van der Waals surface area contributed by atoms with Gasteiger partial charge in [0.2, 0.25) is 5.91 Å². The fourth-order valence-corrected chi connectivity index (χ4v) is 2.26. The van der Waals surface area contributed by atoms with Crippen molar-refractivity contribution in [2.45, 2.75) is 38.5 Å². The lowest BCUT2D eigenvalue weighted by atomic mass is 9.95. The van der Waals surface area contributed by atoms with Gasteiger partial charge in [-0.15, -0.1) is 0 Å². The highest BCUT2D eigenvalue weighted by atomic mass is 19.4. The van der Waals surface area contributed by atoms with Gasteiger partial charge in [0.15, 0.2) is 0 Å². The minimum absolute atomic E-state index is 0.0217. The summed E-state index contributed by atoms with van der Waals surface area (Å²) in [7, 11) is 0. The Morgan fingerprint density at radius 1 is 1.50 bits per heavy atom. The molecule has 3 unspecified atom stereocenters. The first-order valence-corrected chi connectivity index (χ1v) is 6.03. The predicted molar refractivity (Wildman–Crippen MR) is 61.9 cm³/mol. The van der Waals surface area contributed by atoms with Gasteiger partial charge in [0.25, 0.3) is 0 Å². The van der Waals surface area contributed by atoms with Gasteiger partial charge in [0, 0.05) is 19.1 Å². The first-order chi connectivity index (χ1) is 8.19. The number of piperidine rings is 1. The number of hydrogen-bond donors (Lipinski definition) is 2. The average Bonchev–Trinajstić information content (AvgIpc) is 2.22. The van der Waals surface area contributed by atoms with Gasteiger partial charge in [-0.2, -0.15) is 13.2 Å². The van der Waals surface area contributed by atoms with Crippen molar-refractivity contribution in [1.29, 1.82) is 0 Å². The molecular weight excluding hydrogens is 247 g/mol. The molecule has 4 nitrogen and oxygen atoms in total. The van der Waals surface area contributed by atoms with Gasteiger partial charge in [-0.1, -0.05) is 6.92 Å². The first-order valence-electron chi connectivity index (χ1n) is 6.03. The van der Waals surface area contributed by atoms with E-state index in [0.717, 1.165) is 6.42 Å². The average molecular weight is 267 g/mol. The van der Waals surface area contributed by atoms with Crippen LogP contribution < -0.4 is 11.1 Å². The van der Waals surface area contributed by atoms with Crippen LogP contribution in [0.5, 0.6) is 0 Å². The third-order valence-electron chi connectivity index (χ3n) is 3.11. The van der Waals surface area contributed by atoms with Crippen molar-refractivity contribution < 1.29 is 18.0 Å². The summed E-state index contributed by atoms with van der Waals surface area (Å²) in [6, 6.07) is -0.604. The molecule has 1 aliphatic heterocycles. The van der Waals surface area contributed by atoms with Crippen molar-refractivity contribution in [2.24, 2.45) is 11.7 Å². The maximum Gasteiger partial charge on any atom is 0.405 e. The number of hydrogen-bond acceptors (Lipinski definition) is 3. The molecule has 18 heavy (non-hydrogen) atoms. The van der Waals surface area contributed by atoms with Crippen molar-refractivity contribution >= 4 is 5.91 Å². The zero-order valence-corrected chi connectivity index (χ0v) is 10.6. The molecule has 0 spiro atoms. The van der Waals surface area contributed by atoms with Crippen LogP contribution in [0.1, 0.15) is 20.3 Å². The molecule has 0 bridgehead atoms. The van der Waals surface area contributed by atoms with E-state index in [1.54, 1.807) is 6.92 Å². The van der Waals surface area contributed by atoms with Crippen LogP contribution in [0, 0.1) is 5.92 Å². The second-order valence-electron chi connectivity index (χ2n) is 5.06. The highest BCUT2D eigenvalue weighted by molar-refractivity contribution is 5.81. The van der Waals surface area contributed by atoms with Crippen LogP contribution in [-0.2, 0) is 4.79 Å². The van der Waals surface area contributed by atoms with E-state index in [1.807, 2.05) is 17.1 Å². The molecule has 3 N–H and O–H groups in total. The fourth-order valence-electron chi connectivity index (χ4n) is 2.26. The van der Waals surface area contributed by atoms with Crippen molar-refractivity contribution in [3.05, 3.63) is 0 Å². The summed E-state index contributed by atoms with van der Waals surface area (Å²) >= 11 is 0. The highest BCUT2D eigenvalue weighted by Crippen LogP contribution is 2.18. The number of alkyl halides is 3. The van der Waals surface area contributed by atoms with Gasteiger partial charge in [-0.05, 0) is 19.3 Å². The lowest BCUT2D eigenvalue weighted by Gasteiger charge is -2.37. The Hall–Kier alpha value is -0.820. The van der Waals surface area contributed by atoms with Crippen molar-refractivity contribution in [3.8, 4) is 0 Å². The van der Waals surface area contributed by atoms with E-state index in [0.29, 0.717) is 19.0 Å². The molecule has 1 heterocycles. The van der Waals surface area contributed by atoms with Gasteiger partial charge < -0.3 is 11.1 Å². The van der Waals surface area contributed by atoms with Gasteiger partial charge in [0.1, 0.15) is 6.54 Å². The Bertz CT molecular complexity index is 286. The number of amides is 1. The van der Waals surface area contributed by atoms with Crippen molar-refractivity contribution in [2.75, 3.05) is 19.6 Å². The monoisotopic (exact) mass is 267 g/mol. The van der Waals surface area contributed by atoms with E-state index in [4.69, 9.17) is 5.73 Å². The summed E-state index contributed by atoms with van der Waals surface area (Å²) in [5.74, 6) is -0.250. The number of carbonyl (C=O) groups is 1. The summed E-state index contributed by atoms with van der Waals surface area (Å²) in [6.45, 7) is 3.58. The molecule has 1 amide bonds. The molecule has 1 fully saturated rings. The Balaban J connectivity index is 2.47. The summed E-state index contributed by atoms with van der Waals surface area (Å²) in [4.78, 5) is 13.4. The minimum atomic E-state index is -4.37. The van der Waals surface area contributed by atoms with E-state index in [1.165, 1.54) is 0 Å². The summed E-state index contributed by atoms with van der Waals surface area (Å²) in [5.41, 5.74) is 5.84. The van der Waals surface area contributed by atoms with E-state index in [2.05, 4.69) is 0 Å². The lowest BCUT2D eigenvalue weighted by molar-refractivity contribution is -0.141. The van der Waals surface area contributed by atoms with E-state index in [9.17, 15) is 18.0 Å². The molecule has 0 aliphatic carbocycles. The quantitative estimate of drug-likeness (QED) is 0.792. The van der Waals surface area contributed by atoms with Crippen LogP contribution in [0.4, 0.5) is 13.2 Å². The normalized spacial score (nSPS) is 27.9. The Labute approximate surface area is 105 Å². The van der Waals surface area contributed by atoms with Gasteiger partial charge in [0.05, 0.1) is 6.04 Å². The molecule has 1 saturated heterocycles. The number of nitrogens with one attached hydrogen (secondary N) is 1.